The summed E-state index contributed by atoms with van der Waals surface area (Å²) < 4.78 is 26.8. The number of nitrogens with zero attached hydrogens (tertiary/aromatic N) is 1. The molecule has 1 atom stereocenters. The zero-order valence-corrected chi connectivity index (χ0v) is 13.5. The highest BCUT2D eigenvalue weighted by molar-refractivity contribution is 7.89. The van der Waals surface area contributed by atoms with Crippen LogP contribution in [0.2, 0.25) is 10.0 Å². The molecule has 0 unspecified atom stereocenters. The third-order valence-corrected chi connectivity index (χ3v) is 4.62. The molecule has 1 N–H and O–H groups in total. The molecule has 0 bridgehead atoms. The zero-order chi connectivity index (χ0) is 14.6. The van der Waals surface area contributed by atoms with Crippen LogP contribution in [0.5, 0.6) is 0 Å². The molecule has 1 aromatic carbocycles. The third-order valence-electron chi connectivity index (χ3n) is 2.48. The number of hydrogen-bond donors (Lipinski definition) is 1. The average molecular weight is 325 g/mol. The molecule has 4 nitrogen and oxygen atoms in total. The van der Waals surface area contributed by atoms with E-state index >= 15 is 0 Å². The highest BCUT2D eigenvalue weighted by Crippen LogP contribution is 2.24. The van der Waals surface area contributed by atoms with Crippen molar-refractivity contribution in [2.45, 2.75) is 11.8 Å². The smallest absolute Gasteiger partial charge is 0.242 e. The van der Waals surface area contributed by atoms with Gasteiger partial charge in [-0.05, 0) is 38.2 Å². The summed E-state index contributed by atoms with van der Waals surface area (Å²) in [6, 6.07) is 4.38. The van der Waals surface area contributed by atoms with E-state index in [1.807, 2.05) is 25.9 Å². The van der Waals surface area contributed by atoms with Gasteiger partial charge >= 0.3 is 0 Å². The Labute approximate surface area is 124 Å². The van der Waals surface area contributed by atoms with Crippen molar-refractivity contribution < 1.29 is 8.42 Å². The van der Waals surface area contributed by atoms with Gasteiger partial charge in [-0.25, -0.2) is 13.1 Å². The highest BCUT2D eigenvalue weighted by Gasteiger charge is 2.19. The lowest BCUT2D eigenvalue weighted by Crippen LogP contribution is -2.33. The first-order chi connectivity index (χ1) is 8.72. The number of hydrogen-bond acceptors (Lipinski definition) is 3. The van der Waals surface area contributed by atoms with Crippen molar-refractivity contribution in [1.82, 2.24) is 9.62 Å². The molecule has 1 aromatic rings. The van der Waals surface area contributed by atoms with Gasteiger partial charge in [-0.2, -0.15) is 0 Å². The van der Waals surface area contributed by atoms with Gasteiger partial charge in [0.2, 0.25) is 10.0 Å². The predicted octanol–water partition coefficient (Wildman–Crippen LogP) is 2.47. The molecule has 0 aliphatic heterocycles. The molecule has 0 saturated heterocycles. The Bertz CT molecular complexity index is 533. The van der Waals surface area contributed by atoms with Gasteiger partial charge in [0.15, 0.2) is 0 Å². The molecule has 0 aromatic heterocycles. The maximum atomic E-state index is 12.1. The maximum absolute atomic E-state index is 12.1. The van der Waals surface area contributed by atoms with E-state index in [1.165, 1.54) is 12.1 Å². The molecule has 7 heteroatoms. The van der Waals surface area contributed by atoms with Crippen LogP contribution in [0.1, 0.15) is 6.92 Å². The van der Waals surface area contributed by atoms with Crippen LogP contribution >= 0.6 is 23.2 Å². The summed E-state index contributed by atoms with van der Waals surface area (Å²) in [7, 11) is 0.257. The predicted molar refractivity (Wildman–Crippen MR) is 79.4 cm³/mol. The first-order valence-electron chi connectivity index (χ1n) is 5.82. The molecule has 19 heavy (non-hydrogen) atoms. The Morgan fingerprint density at radius 1 is 1.32 bits per heavy atom. The van der Waals surface area contributed by atoms with Crippen molar-refractivity contribution in [3.63, 3.8) is 0 Å². The van der Waals surface area contributed by atoms with Crippen molar-refractivity contribution in [3.05, 3.63) is 28.2 Å². The molecule has 0 fully saturated rings. The van der Waals surface area contributed by atoms with Gasteiger partial charge in [-0.1, -0.05) is 30.1 Å². The molecule has 0 heterocycles. The van der Waals surface area contributed by atoms with E-state index in [0.717, 1.165) is 6.54 Å². The molecule has 0 spiro atoms. The summed E-state index contributed by atoms with van der Waals surface area (Å²) in [5.41, 5.74) is 0. The van der Waals surface area contributed by atoms with Crippen LogP contribution in [-0.4, -0.2) is 40.5 Å². The third kappa shape index (κ3) is 5.28. The topological polar surface area (TPSA) is 49.4 Å². The van der Waals surface area contributed by atoms with Crippen molar-refractivity contribution in [3.8, 4) is 0 Å². The van der Waals surface area contributed by atoms with Crippen LogP contribution in [-0.2, 0) is 10.0 Å². The van der Waals surface area contributed by atoms with E-state index in [0.29, 0.717) is 11.6 Å². The van der Waals surface area contributed by atoms with Crippen LogP contribution in [0.25, 0.3) is 0 Å². The second-order valence-corrected chi connectivity index (χ2v) is 7.37. The van der Waals surface area contributed by atoms with Gasteiger partial charge in [0.05, 0.1) is 5.02 Å². The summed E-state index contributed by atoms with van der Waals surface area (Å²) in [5, 5.41) is 0.503. The quantitative estimate of drug-likeness (QED) is 0.874. The minimum absolute atomic E-state index is 0.0127. The van der Waals surface area contributed by atoms with E-state index in [1.54, 1.807) is 6.07 Å². The van der Waals surface area contributed by atoms with Crippen molar-refractivity contribution in [2.24, 2.45) is 5.92 Å². The summed E-state index contributed by atoms with van der Waals surface area (Å²) in [6.07, 6.45) is 0. The molecule has 0 radical (unpaired) electrons. The van der Waals surface area contributed by atoms with Gasteiger partial charge in [-0.15, -0.1) is 0 Å². The van der Waals surface area contributed by atoms with E-state index in [2.05, 4.69) is 4.72 Å². The summed E-state index contributed by atoms with van der Waals surface area (Å²) >= 11 is 11.7. The lowest BCUT2D eigenvalue weighted by atomic mass is 10.2. The normalized spacial score (nSPS) is 13.8. The van der Waals surface area contributed by atoms with Crippen molar-refractivity contribution >= 4 is 33.2 Å². The SMILES string of the molecule is C[C@@H](CNS(=O)(=O)c1cc(Cl)ccc1Cl)CN(C)C. The van der Waals surface area contributed by atoms with E-state index in [9.17, 15) is 8.42 Å². The summed E-state index contributed by atoms with van der Waals surface area (Å²) in [5.74, 6) is 0.197. The Balaban J connectivity index is 2.79. The van der Waals surface area contributed by atoms with Crippen LogP contribution in [0.4, 0.5) is 0 Å². The van der Waals surface area contributed by atoms with Crippen LogP contribution in [0, 0.1) is 5.92 Å². The number of rotatable bonds is 6. The van der Waals surface area contributed by atoms with E-state index < -0.39 is 10.0 Å². The van der Waals surface area contributed by atoms with Crippen LogP contribution in [0.15, 0.2) is 23.1 Å². The monoisotopic (exact) mass is 324 g/mol. The fourth-order valence-electron chi connectivity index (χ4n) is 1.70. The van der Waals surface area contributed by atoms with Crippen molar-refractivity contribution in [2.75, 3.05) is 27.2 Å². The molecule has 0 amide bonds. The van der Waals surface area contributed by atoms with Crippen LogP contribution < -0.4 is 4.72 Å². The number of nitrogens with one attached hydrogen (secondary N) is 1. The minimum atomic E-state index is -3.63. The van der Waals surface area contributed by atoms with Gasteiger partial charge in [0, 0.05) is 18.1 Å². The summed E-state index contributed by atoms with van der Waals surface area (Å²) in [4.78, 5) is 2.02. The van der Waals surface area contributed by atoms with Gasteiger partial charge in [0.25, 0.3) is 0 Å². The number of halogens is 2. The second-order valence-electron chi connectivity index (χ2n) is 4.79. The molecule has 0 aliphatic carbocycles. The van der Waals surface area contributed by atoms with Crippen LogP contribution in [0.3, 0.4) is 0 Å². The molecule has 1 rings (SSSR count). The molecule has 0 aliphatic rings. The first kappa shape index (κ1) is 16.7. The molecular weight excluding hydrogens is 307 g/mol. The Morgan fingerprint density at radius 3 is 2.53 bits per heavy atom. The fourth-order valence-corrected chi connectivity index (χ4v) is 3.63. The van der Waals surface area contributed by atoms with E-state index in [4.69, 9.17) is 23.2 Å². The molecular formula is C12H18Cl2N2O2S. The van der Waals surface area contributed by atoms with Gasteiger partial charge < -0.3 is 4.90 Å². The van der Waals surface area contributed by atoms with Gasteiger partial charge in [0.1, 0.15) is 4.90 Å². The zero-order valence-electron chi connectivity index (χ0n) is 11.2. The Hall–Kier alpha value is -0.330. The fraction of sp³-hybridized carbons (Fsp3) is 0.500. The van der Waals surface area contributed by atoms with Crippen molar-refractivity contribution in [1.29, 1.82) is 0 Å². The second kappa shape index (κ2) is 6.90. The lowest BCUT2D eigenvalue weighted by molar-refractivity contribution is 0.339. The Morgan fingerprint density at radius 2 is 1.95 bits per heavy atom. The van der Waals surface area contributed by atoms with Gasteiger partial charge in [-0.3, -0.25) is 0 Å². The maximum Gasteiger partial charge on any atom is 0.242 e. The largest absolute Gasteiger partial charge is 0.309 e. The average Bonchev–Trinajstić information content (AvgIpc) is 2.29. The summed E-state index contributed by atoms with van der Waals surface area (Å²) in [6.45, 7) is 3.12. The molecule has 108 valence electrons. The minimum Gasteiger partial charge on any atom is -0.309 e. The first-order valence-corrected chi connectivity index (χ1v) is 8.05. The number of benzene rings is 1. The lowest BCUT2D eigenvalue weighted by Gasteiger charge is -2.17. The standard InChI is InChI=1S/C12H18Cl2N2O2S/c1-9(8-16(2)3)7-15-19(17,18)12-6-10(13)4-5-11(12)14/h4-6,9,15H,7-8H2,1-3H3/t9-/m0/s1. The molecule has 0 saturated carbocycles. The highest BCUT2D eigenvalue weighted by atomic mass is 35.5. The number of sulfonamides is 1. The van der Waals surface area contributed by atoms with E-state index in [-0.39, 0.29) is 15.8 Å². The Kier molecular flexibility index (Phi) is 6.08.